The molecular weight excluding hydrogens is 392 g/mol. The van der Waals surface area contributed by atoms with Crippen molar-refractivity contribution in [2.24, 2.45) is 0 Å². The largest absolute Gasteiger partial charge is 0.378 e. The van der Waals surface area contributed by atoms with Crippen LogP contribution >= 0.6 is 23.1 Å². The number of amides is 1. The van der Waals surface area contributed by atoms with E-state index in [9.17, 15) is 4.79 Å². The molecule has 0 aliphatic carbocycles. The first-order valence-electron chi connectivity index (χ1n) is 9.33. The molecule has 1 aliphatic heterocycles. The maximum Gasteiger partial charge on any atom is 0.237 e. The molecule has 8 heteroatoms. The van der Waals surface area contributed by atoms with Crippen molar-refractivity contribution in [3.05, 3.63) is 42.5 Å². The highest BCUT2D eigenvalue weighted by molar-refractivity contribution is 8.01. The number of rotatable bonds is 6. The zero-order valence-electron chi connectivity index (χ0n) is 15.7. The molecule has 4 rings (SSSR count). The van der Waals surface area contributed by atoms with Gasteiger partial charge in [-0.05, 0) is 18.4 Å². The fourth-order valence-corrected chi connectivity index (χ4v) is 5.04. The smallest absolute Gasteiger partial charge is 0.237 e. The maximum atomic E-state index is 12.9. The van der Waals surface area contributed by atoms with Crippen LogP contribution in [0.1, 0.15) is 6.92 Å². The van der Waals surface area contributed by atoms with E-state index < -0.39 is 0 Å². The number of thioether (sulfide) groups is 1. The van der Waals surface area contributed by atoms with Crippen molar-refractivity contribution in [3.63, 3.8) is 0 Å². The Morgan fingerprint density at radius 2 is 1.96 bits per heavy atom. The Morgan fingerprint density at radius 3 is 2.79 bits per heavy atom. The van der Waals surface area contributed by atoms with E-state index in [1.54, 1.807) is 0 Å². The highest BCUT2D eigenvalue weighted by Crippen LogP contribution is 2.30. The van der Waals surface area contributed by atoms with E-state index in [2.05, 4.69) is 33.3 Å². The van der Waals surface area contributed by atoms with E-state index in [1.165, 1.54) is 23.1 Å². The number of morpholine rings is 1. The minimum Gasteiger partial charge on any atom is -0.378 e. The van der Waals surface area contributed by atoms with Crippen LogP contribution < -0.4 is 9.80 Å². The Balaban J connectivity index is 1.44. The van der Waals surface area contributed by atoms with Crippen molar-refractivity contribution in [1.29, 1.82) is 0 Å². The predicted molar refractivity (Wildman–Crippen MR) is 116 cm³/mol. The van der Waals surface area contributed by atoms with E-state index in [0.29, 0.717) is 12.3 Å². The molecule has 1 amide bonds. The molecule has 2 heterocycles. The summed E-state index contributed by atoms with van der Waals surface area (Å²) in [5, 5.41) is 11.7. The van der Waals surface area contributed by atoms with Gasteiger partial charge < -0.3 is 14.5 Å². The van der Waals surface area contributed by atoms with Gasteiger partial charge in [0.05, 0.1) is 24.7 Å². The van der Waals surface area contributed by atoms with Crippen LogP contribution in [0.15, 0.2) is 46.8 Å². The Morgan fingerprint density at radius 1 is 1.18 bits per heavy atom. The minimum atomic E-state index is 0.0759. The summed E-state index contributed by atoms with van der Waals surface area (Å²) in [6, 6.07) is 14.2. The van der Waals surface area contributed by atoms with Gasteiger partial charge in [0.25, 0.3) is 0 Å². The molecule has 28 heavy (non-hydrogen) atoms. The number of hydrogen-bond donors (Lipinski definition) is 0. The summed E-state index contributed by atoms with van der Waals surface area (Å²) in [5.41, 5.74) is 0.956. The lowest BCUT2D eigenvalue weighted by atomic mass is 10.1. The van der Waals surface area contributed by atoms with Gasteiger partial charge in [-0.15, -0.1) is 10.2 Å². The third-order valence-corrected chi connectivity index (χ3v) is 6.77. The standard InChI is InChI=1S/C20H22N4O2S2/c1-2-24(17-9-5-7-15-6-3-4-8-16(15)17)18(25)14-27-20-22-21-19(28-20)23-10-12-26-13-11-23/h3-9H,2,10-14H2,1H3. The van der Waals surface area contributed by atoms with Crippen LogP contribution in [-0.2, 0) is 9.53 Å². The SMILES string of the molecule is CCN(C(=O)CSc1nnc(N2CCOCC2)s1)c1cccc2ccccc12. The van der Waals surface area contributed by atoms with Crippen LogP contribution in [0.5, 0.6) is 0 Å². The molecule has 0 N–H and O–H groups in total. The fourth-order valence-electron chi connectivity index (χ4n) is 3.27. The molecule has 1 aromatic heterocycles. The van der Waals surface area contributed by atoms with Gasteiger partial charge in [-0.1, -0.05) is 59.5 Å². The first kappa shape index (κ1) is 19.2. The fraction of sp³-hybridized carbons (Fsp3) is 0.350. The van der Waals surface area contributed by atoms with Gasteiger partial charge in [0.2, 0.25) is 11.0 Å². The highest BCUT2D eigenvalue weighted by Gasteiger charge is 2.19. The van der Waals surface area contributed by atoms with E-state index >= 15 is 0 Å². The number of carbonyl (C=O) groups is 1. The molecule has 0 bridgehead atoms. The van der Waals surface area contributed by atoms with Gasteiger partial charge in [-0.2, -0.15) is 0 Å². The van der Waals surface area contributed by atoms with E-state index in [0.717, 1.165) is 52.2 Å². The maximum absolute atomic E-state index is 12.9. The third kappa shape index (κ3) is 4.14. The number of nitrogens with zero attached hydrogens (tertiary/aromatic N) is 4. The van der Waals surface area contributed by atoms with Gasteiger partial charge in [0, 0.05) is 25.0 Å². The van der Waals surface area contributed by atoms with Gasteiger partial charge >= 0.3 is 0 Å². The average Bonchev–Trinajstić information content (AvgIpc) is 3.23. The molecule has 1 fully saturated rings. The molecule has 0 saturated carbocycles. The highest BCUT2D eigenvalue weighted by atomic mass is 32.2. The van der Waals surface area contributed by atoms with Crippen LogP contribution in [0.25, 0.3) is 10.8 Å². The van der Waals surface area contributed by atoms with Gasteiger partial charge in [-0.25, -0.2) is 0 Å². The van der Waals surface area contributed by atoms with Crippen LogP contribution in [0.3, 0.4) is 0 Å². The topological polar surface area (TPSA) is 58.6 Å². The lowest BCUT2D eigenvalue weighted by Gasteiger charge is -2.25. The molecule has 3 aromatic rings. The summed E-state index contributed by atoms with van der Waals surface area (Å²) in [6.45, 7) is 5.74. The zero-order valence-corrected chi connectivity index (χ0v) is 17.3. The summed E-state index contributed by atoms with van der Waals surface area (Å²) in [7, 11) is 0. The molecule has 0 atom stereocenters. The Hall–Kier alpha value is -2.16. The second kappa shape index (κ2) is 8.89. The number of fused-ring (bicyclic) bond motifs is 1. The predicted octanol–water partition coefficient (Wildman–Crippen LogP) is 3.67. The van der Waals surface area contributed by atoms with Crippen LogP contribution in [0, 0.1) is 0 Å². The summed E-state index contributed by atoms with van der Waals surface area (Å²) in [4.78, 5) is 17.0. The second-order valence-electron chi connectivity index (χ2n) is 6.37. The average molecular weight is 415 g/mol. The van der Waals surface area contributed by atoms with Gasteiger partial charge in [-0.3, -0.25) is 4.79 Å². The molecular formula is C20H22N4O2S2. The summed E-state index contributed by atoms with van der Waals surface area (Å²) >= 11 is 2.99. The second-order valence-corrected chi connectivity index (χ2v) is 8.55. The number of carbonyl (C=O) groups excluding carboxylic acids is 1. The van der Waals surface area contributed by atoms with Crippen molar-refractivity contribution < 1.29 is 9.53 Å². The molecule has 2 aromatic carbocycles. The quantitative estimate of drug-likeness (QED) is 0.574. The summed E-state index contributed by atoms with van der Waals surface area (Å²) in [6.07, 6.45) is 0. The lowest BCUT2D eigenvalue weighted by Crippen LogP contribution is -2.36. The molecule has 1 aliphatic rings. The van der Waals surface area contributed by atoms with Crippen molar-refractivity contribution in [2.75, 3.05) is 48.4 Å². The molecule has 6 nitrogen and oxygen atoms in total. The summed E-state index contributed by atoms with van der Waals surface area (Å²) in [5.74, 6) is 0.418. The first-order valence-corrected chi connectivity index (χ1v) is 11.1. The number of ether oxygens (including phenoxy) is 1. The Bertz CT molecular complexity index is 951. The van der Waals surface area contributed by atoms with Gasteiger partial charge in [0.15, 0.2) is 4.34 Å². The van der Waals surface area contributed by atoms with Gasteiger partial charge in [0.1, 0.15) is 0 Å². The number of aromatic nitrogens is 2. The summed E-state index contributed by atoms with van der Waals surface area (Å²) < 4.78 is 6.20. The Kier molecular flexibility index (Phi) is 6.09. The molecule has 0 unspecified atom stereocenters. The van der Waals surface area contributed by atoms with Crippen LogP contribution in [0.2, 0.25) is 0 Å². The van der Waals surface area contributed by atoms with Crippen molar-refractivity contribution >= 4 is 50.6 Å². The Labute approximate surface area is 172 Å². The normalized spacial score (nSPS) is 14.4. The van der Waals surface area contributed by atoms with Crippen molar-refractivity contribution in [2.45, 2.75) is 11.3 Å². The van der Waals surface area contributed by atoms with E-state index in [-0.39, 0.29) is 5.91 Å². The number of anilines is 2. The third-order valence-electron chi connectivity index (χ3n) is 4.67. The zero-order chi connectivity index (χ0) is 19.3. The van der Waals surface area contributed by atoms with Crippen molar-refractivity contribution in [1.82, 2.24) is 10.2 Å². The number of benzene rings is 2. The molecule has 146 valence electrons. The van der Waals surface area contributed by atoms with Crippen molar-refractivity contribution in [3.8, 4) is 0 Å². The molecule has 1 saturated heterocycles. The van der Waals surface area contributed by atoms with E-state index in [4.69, 9.17) is 4.74 Å². The van der Waals surface area contributed by atoms with Crippen LogP contribution in [0.4, 0.5) is 10.8 Å². The monoisotopic (exact) mass is 414 g/mol. The number of hydrogen-bond acceptors (Lipinski definition) is 7. The molecule has 0 spiro atoms. The lowest BCUT2D eigenvalue weighted by molar-refractivity contribution is -0.116. The van der Waals surface area contributed by atoms with Crippen LogP contribution in [-0.4, -0.2) is 54.7 Å². The van der Waals surface area contributed by atoms with E-state index in [1.807, 2.05) is 36.1 Å². The molecule has 0 radical (unpaired) electrons. The first-order chi connectivity index (χ1) is 13.8. The minimum absolute atomic E-state index is 0.0759.